The van der Waals surface area contributed by atoms with E-state index in [2.05, 4.69) is 13.8 Å². The van der Waals surface area contributed by atoms with Gasteiger partial charge in [0.25, 0.3) is 0 Å². The Labute approximate surface area is 139 Å². The molecule has 2 nitrogen and oxygen atoms in total. The predicted molar refractivity (Wildman–Crippen MR) is 97.0 cm³/mol. The summed E-state index contributed by atoms with van der Waals surface area (Å²) in [7, 11) is 0. The molecule has 0 atom stereocenters. The molecule has 0 unspecified atom stereocenters. The summed E-state index contributed by atoms with van der Waals surface area (Å²) in [6, 6.07) is 0. The van der Waals surface area contributed by atoms with Crippen LogP contribution in [0.25, 0.3) is 0 Å². The molecule has 0 bridgehead atoms. The average Bonchev–Trinajstić information content (AvgIpc) is 2.48. The highest BCUT2D eigenvalue weighted by atomic mass is 16.5. The van der Waals surface area contributed by atoms with Crippen molar-refractivity contribution in [3.63, 3.8) is 0 Å². The van der Waals surface area contributed by atoms with Crippen LogP contribution >= 0.6 is 0 Å². The van der Waals surface area contributed by atoms with Gasteiger partial charge in [0.2, 0.25) is 0 Å². The van der Waals surface area contributed by atoms with Gasteiger partial charge in [0.1, 0.15) is 0 Å². The zero-order valence-corrected chi connectivity index (χ0v) is 15.4. The lowest BCUT2D eigenvalue weighted by molar-refractivity contribution is -0.172. The van der Waals surface area contributed by atoms with E-state index in [1.807, 2.05) is 0 Å². The molecule has 0 radical (unpaired) electrons. The fourth-order valence-corrected chi connectivity index (χ4v) is 3.03. The first kappa shape index (κ1) is 21.9. The van der Waals surface area contributed by atoms with Crippen LogP contribution in [0.1, 0.15) is 123 Å². The van der Waals surface area contributed by atoms with Crippen LogP contribution < -0.4 is 0 Å². The van der Waals surface area contributed by atoms with Gasteiger partial charge in [-0.05, 0) is 12.8 Å². The summed E-state index contributed by atoms with van der Waals surface area (Å²) >= 11 is 0. The molecule has 0 aliphatic carbocycles. The molecule has 0 aromatic carbocycles. The Morgan fingerprint density at radius 2 is 0.727 bits per heavy atom. The number of rotatable bonds is 17. The minimum Gasteiger partial charge on any atom is -0.366 e. The highest BCUT2D eigenvalue weighted by Crippen LogP contribution is 2.20. The van der Waals surface area contributed by atoms with Crippen molar-refractivity contribution in [3.8, 4) is 0 Å². The summed E-state index contributed by atoms with van der Waals surface area (Å²) in [5, 5.41) is 19.7. The number of hydrogen-bond donors (Lipinski definition) is 2. The first-order valence-electron chi connectivity index (χ1n) is 10.1. The lowest BCUT2D eigenvalue weighted by Crippen LogP contribution is -2.27. The fraction of sp³-hybridized carbons (Fsp3) is 1.00. The maximum absolute atomic E-state index is 9.86. The molecule has 0 fully saturated rings. The molecule has 0 rings (SSSR count). The van der Waals surface area contributed by atoms with Gasteiger partial charge in [-0.25, -0.2) is 0 Å². The van der Waals surface area contributed by atoms with Gasteiger partial charge < -0.3 is 10.2 Å². The third kappa shape index (κ3) is 16.3. The molecular formula is C20H42O2. The normalized spacial score (nSPS) is 12.0. The SMILES string of the molecule is CCCCCCCCCCCCCCC(O)(O)CCCCC. The second kappa shape index (κ2) is 15.8. The summed E-state index contributed by atoms with van der Waals surface area (Å²) in [5.41, 5.74) is 0. The largest absolute Gasteiger partial charge is 0.366 e. The van der Waals surface area contributed by atoms with E-state index in [-0.39, 0.29) is 0 Å². The van der Waals surface area contributed by atoms with Gasteiger partial charge in [0.05, 0.1) is 0 Å². The predicted octanol–water partition coefficient (Wildman–Crippen LogP) is 6.34. The van der Waals surface area contributed by atoms with Crippen molar-refractivity contribution in [1.82, 2.24) is 0 Å². The monoisotopic (exact) mass is 314 g/mol. The van der Waals surface area contributed by atoms with Crippen LogP contribution in [0.15, 0.2) is 0 Å². The lowest BCUT2D eigenvalue weighted by atomic mass is 10.00. The molecule has 0 heterocycles. The van der Waals surface area contributed by atoms with Crippen molar-refractivity contribution in [2.75, 3.05) is 0 Å². The van der Waals surface area contributed by atoms with Crippen molar-refractivity contribution in [2.45, 2.75) is 129 Å². The summed E-state index contributed by atoms with van der Waals surface area (Å²) in [6.07, 6.45) is 20.0. The third-order valence-electron chi connectivity index (χ3n) is 4.61. The fourth-order valence-electron chi connectivity index (χ4n) is 3.03. The van der Waals surface area contributed by atoms with Crippen molar-refractivity contribution in [1.29, 1.82) is 0 Å². The van der Waals surface area contributed by atoms with Crippen molar-refractivity contribution in [2.24, 2.45) is 0 Å². The summed E-state index contributed by atoms with van der Waals surface area (Å²) < 4.78 is 0. The lowest BCUT2D eigenvalue weighted by Gasteiger charge is -2.21. The Balaban J connectivity index is 3.22. The molecule has 2 N–H and O–H groups in total. The standard InChI is InChI=1S/C20H42O2/c1-3-5-7-8-9-10-11-12-13-14-15-17-19-20(21,22)18-16-6-4-2/h21-22H,3-19H2,1-2H3. The molecule has 0 saturated heterocycles. The third-order valence-corrected chi connectivity index (χ3v) is 4.61. The quantitative estimate of drug-likeness (QED) is 0.243. The molecule has 0 amide bonds. The summed E-state index contributed by atoms with van der Waals surface area (Å²) in [5.74, 6) is -1.41. The number of unbranched alkanes of at least 4 members (excludes halogenated alkanes) is 13. The minimum atomic E-state index is -1.41. The zero-order valence-electron chi connectivity index (χ0n) is 15.4. The van der Waals surface area contributed by atoms with Gasteiger partial charge in [-0.3, -0.25) is 0 Å². The number of hydrogen-bond acceptors (Lipinski definition) is 2. The maximum Gasteiger partial charge on any atom is 0.162 e. The first-order valence-corrected chi connectivity index (χ1v) is 10.1. The van der Waals surface area contributed by atoms with E-state index in [9.17, 15) is 10.2 Å². The molecule has 0 aromatic heterocycles. The van der Waals surface area contributed by atoms with Gasteiger partial charge in [-0.15, -0.1) is 0 Å². The van der Waals surface area contributed by atoms with Crippen LogP contribution in [0.4, 0.5) is 0 Å². The molecule has 0 spiro atoms. The van der Waals surface area contributed by atoms with E-state index in [1.165, 1.54) is 64.2 Å². The second-order valence-corrected chi connectivity index (χ2v) is 7.08. The van der Waals surface area contributed by atoms with Gasteiger partial charge in [-0.1, -0.05) is 97.3 Å². The minimum absolute atomic E-state index is 0.541. The summed E-state index contributed by atoms with van der Waals surface area (Å²) in [6.45, 7) is 4.41. The van der Waals surface area contributed by atoms with Crippen LogP contribution in [0.3, 0.4) is 0 Å². The molecular weight excluding hydrogens is 272 g/mol. The Morgan fingerprint density at radius 3 is 1.14 bits per heavy atom. The second-order valence-electron chi connectivity index (χ2n) is 7.08. The Hall–Kier alpha value is -0.0800. The molecule has 0 aliphatic rings. The van der Waals surface area contributed by atoms with Crippen LogP contribution in [0.2, 0.25) is 0 Å². The molecule has 0 saturated carbocycles. The van der Waals surface area contributed by atoms with Gasteiger partial charge >= 0.3 is 0 Å². The van der Waals surface area contributed by atoms with Crippen molar-refractivity contribution >= 4 is 0 Å². The molecule has 0 aromatic rings. The first-order chi connectivity index (χ1) is 10.6. The molecule has 22 heavy (non-hydrogen) atoms. The van der Waals surface area contributed by atoms with Gasteiger partial charge in [0, 0.05) is 12.8 Å². The van der Waals surface area contributed by atoms with E-state index in [4.69, 9.17) is 0 Å². The number of aliphatic hydroxyl groups is 2. The maximum atomic E-state index is 9.86. The van der Waals surface area contributed by atoms with Crippen molar-refractivity contribution in [3.05, 3.63) is 0 Å². The molecule has 0 aliphatic heterocycles. The van der Waals surface area contributed by atoms with E-state index in [0.29, 0.717) is 12.8 Å². The zero-order chi connectivity index (χ0) is 16.5. The Morgan fingerprint density at radius 1 is 0.455 bits per heavy atom. The van der Waals surface area contributed by atoms with Gasteiger partial charge in [-0.2, -0.15) is 0 Å². The summed E-state index contributed by atoms with van der Waals surface area (Å²) in [4.78, 5) is 0. The van der Waals surface area contributed by atoms with E-state index < -0.39 is 5.79 Å². The topological polar surface area (TPSA) is 40.5 Å². The van der Waals surface area contributed by atoms with E-state index >= 15 is 0 Å². The molecule has 2 heteroatoms. The van der Waals surface area contributed by atoms with Gasteiger partial charge in [0.15, 0.2) is 5.79 Å². The molecule has 134 valence electrons. The smallest absolute Gasteiger partial charge is 0.162 e. The van der Waals surface area contributed by atoms with E-state index in [0.717, 1.165) is 32.1 Å². The Bertz CT molecular complexity index is 214. The van der Waals surface area contributed by atoms with Crippen LogP contribution in [-0.4, -0.2) is 16.0 Å². The van der Waals surface area contributed by atoms with E-state index in [1.54, 1.807) is 0 Å². The average molecular weight is 315 g/mol. The Kier molecular flexibility index (Phi) is 15.7. The van der Waals surface area contributed by atoms with Crippen LogP contribution in [0, 0.1) is 0 Å². The highest BCUT2D eigenvalue weighted by molar-refractivity contribution is 4.64. The van der Waals surface area contributed by atoms with Crippen LogP contribution in [-0.2, 0) is 0 Å². The van der Waals surface area contributed by atoms with Crippen molar-refractivity contribution < 1.29 is 10.2 Å². The van der Waals surface area contributed by atoms with Crippen LogP contribution in [0.5, 0.6) is 0 Å². The highest BCUT2D eigenvalue weighted by Gasteiger charge is 2.20.